The lowest BCUT2D eigenvalue weighted by atomic mass is 10.1. The van der Waals surface area contributed by atoms with E-state index in [0.29, 0.717) is 56.5 Å². The van der Waals surface area contributed by atoms with Crippen LogP contribution in [0.15, 0.2) is 42.7 Å². The largest absolute Gasteiger partial charge is 0.493 e. The van der Waals surface area contributed by atoms with Gasteiger partial charge in [-0.25, -0.2) is 9.78 Å². The summed E-state index contributed by atoms with van der Waals surface area (Å²) in [7, 11) is 1.62. The molecule has 2 fully saturated rings. The fourth-order valence-electron chi connectivity index (χ4n) is 5.36. The van der Waals surface area contributed by atoms with Crippen LogP contribution in [0.5, 0.6) is 11.5 Å². The van der Waals surface area contributed by atoms with Gasteiger partial charge in [-0.15, -0.1) is 0 Å². The average Bonchev–Trinajstić information content (AvgIpc) is 3.40. The highest BCUT2D eigenvalue weighted by Gasteiger charge is 2.28. The summed E-state index contributed by atoms with van der Waals surface area (Å²) >= 11 is 0. The third-order valence-electron chi connectivity index (χ3n) is 7.59. The molecule has 0 spiro atoms. The van der Waals surface area contributed by atoms with Crippen molar-refractivity contribution in [2.24, 2.45) is 0 Å². The molecule has 0 saturated carbocycles. The Labute approximate surface area is 240 Å². The van der Waals surface area contributed by atoms with E-state index in [9.17, 15) is 14.4 Å². The molecule has 2 aliphatic heterocycles. The molecule has 5 rings (SSSR count). The number of rotatable bonds is 11. The van der Waals surface area contributed by atoms with Gasteiger partial charge in [-0.3, -0.25) is 14.5 Å². The summed E-state index contributed by atoms with van der Waals surface area (Å²) in [6, 6.07) is 9.43. The molecule has 4 heterocycles. The Kier molecular flexibility index (Phi) is 8.91. The molecule has 0 aliphatic carbocycles. The normalized spacial score (nSPS) is 15.8. The summed E-state index contributed by atoms with van der Waals surface area (Å²) in [6.07, 6.45) is 7.56. The van der Waals surface area contributed by atoms with Gasteiger partial charge in [0.2, 0.25) is 11.8 Å². The minimum atomic E-state index is -0.145. The number of anilines is 1. The van der Waals surface area contributed by atoms with Gasteiger partial charge in [0.15, 0.2) is 11.5 Å². The van der Waals surface area contributed by atoms with E-state index in [1.54, 1.807) is 27.7 Å². The molecule has 218 valence electrons. The number of piperazine rings is 1. The first kappa shape index (κ1) is 28.3. The van der Waals surface area contributed by atoms with Gasteiger partial charge in [-0.1, -0.05) is 19.8 Å². The lowest BCUT2D eigenvalue weighted by Gasteiger charge is -2.36. The highest BCUT2D eigenvalue weighted by Crippen LogP contribution is 2.33. The second-order valence-corrected chi connectivity index (χ2v) is 10.4. The van der Waals surface area contributed by atoms with Crippen LogP contribution >= 0.6 is 0 Å². The highest BCUT2D eigenvalue weighted by atomic mass is 16.5. The van der Waals surface area contributed by atoms with E-state index in [4.69, 9.17) is 9.47 Å². The quantitative estimate of drug-likeness (QED) is 0.359. The molecule has 0 unspecified atom stereocenters. The fourth-order valence-corrected chi connectivity index (χ4v) is 5.36. The highest BCUT2D eigenvalue weighted by molar-refractivity contribution is 5.93. The number of amides is 4. The SMILES string of the molecule is CCCCCOc1cc(N2CCCN(Cc3ccnc4c3ccn4CC(=O)N3CCNC(=O)C3)C2=O)ccc1OC. The summed E-state index contributed by atoms with van der Waals surface area (Å²) < 4.78 is 13.3. The molecular weight excluding hydrogens is 524 g/mol. The first-order chi connectivity index (χ1) is 20.0. The minimum Gasteiger partial charge on any atom is -0.493 e. The molecule has 11 heteroatoms. The molecule has 3 aromatic rings. The number of aromatic nitrogens is 2. The van der Waals surface area contributed by atoms with Crippen LogP contribution in [0.25, 0.3) is 11.0 Å². The van der Waals surface area contributed by atoms with Crippen molar-refractivity contribution >= 4 is 34.6 Å². The maximum atomic E-state index is 13.7. The Balaban J connectivity index is 1.29. The number of ether oxygens (including phenoxy) is 2. The number of hydrogen-bond acceptors (Lipinski definition) is 6. The number of nitrogens with zero attached hydrogens (tertiary/aromatic N) is 5. The van der Waals surface area contributed by atoms with Crippen molar-refractivity contribution in [1.29, 1.82) is 0 Å². The monoisotopic (exact) mass is 562 g/mol. The average molecular weight is 563 g/mol. The molecule has 0 bridgehead atoms. The maximum Gasteiger partial charge on any atom is 0.324 e. The Hall–Kier alpha value is -4.28. The first-order valence-corrected chi connectivity index (χ1v) is 14.3. The van der Waals surface area contributed by atoms with Gasteiger partial charge in [-0.05, 0) is 42.7 Å². The number of hydrogen-bond donors (Lipinski definition) is 1. The van der Waals surface area contributed by atoms with Gasteiger partial charge in [0, 0.05) is 62.3 Å². The fraction of sp³-hybridized carbons (Fsp3) is 0.467. The molecule has 1 N–H and O–H groups in total. The van der Waals surface area contributed by atoms with Crippen LogP contribution < -0.4 is 19.7 Å². The van der Waals surface area contributed by atoms with Gasteiger partial charge in [-0.2, -0.15) is 0 Å². The molecule has 11 nitrogen and oxygen atoms in total. The van der Waals surface area contributed by atoms with E-state index in [1.807, 2.05) is 41.4 Å². The lowest BCUT2D eigenvalue weighted by Crippen LogP contribution is -2.50. The maximum absolute atomic E-state index is 13.7. The van der Waals surface area contributed by atoms with Gasteiger partial charge in [0.1, 0.15) is 12.2 Å². The van der Waals surface area contributed by atoms with Crippen molar-refractivity contribution < 1.29 is 23.9 Å². The van der Waals surface area contributed by atoms with E-state index in [1.165, 1.54) is 0 Å². The predicted molar refractivity (Wildman–Crippen MR) is 155 cm³/mol. The molecule has 0 atom stereocenters. The summed E-state index contributed by atoms with van der Waals surface area (Å²) in [4.78, 5) is 47.9. The Morgan fingerprint density at radius 3 is 2.76 bits per heavy atom. The number of carbonyl (C=O) groups excluding carboxylic acids is 3. The van der Waals surface area contributed by atoms with Crippen molar-refractivity contribution in [3.63, 3.8) is 0 Å². The molecule has 41 heavy (non-hydrogen) atoms. The molecule has 2 saturated heterocycles. The number of nitrogens with one attached hydrogen (secondary N) is 1. The van der Waals surface area contributed by atoms with Crippen LogP contribution in [0.1, 0.15) is 38.2 Å². The molecular formula is C30H38N6O5. The number of methoxy groups -OCH3 is 1. The molecule has 2 aliphatic rings. The van der Waals surface area contributed by atoms with Crippen LogP contribution in [0.3, 0.4) is 0 Å². The van der Waals surface area contributed by atoms with Crippen molar-refractivity contribution in [2.75, 3.05) is 51.3 Å². The van der Waals surface area contributed by atoms with Crippen molar-refractivity contribution in [3.8, 4) is 11.5 Å². The Morgan fingerprint density at radius 1 is 1.07 bits per heavy atom. The van der Waals surface area contributed by atoms with Crippen LogP contribution in [0.2, 0.25) is 0 Å². The lowest BCUT2D eigenvalue weighted by molar-refractivity contribution is -0.138. The number of urea groups is 1. The standard InChI is InChI=1S/C30H38N6O5/c1-3-4-5-17-41-26-18-23(7-8-25(26)40-2)36-14-6-13-35(30(36)39)19-22-9-11-32-29-24(22)10-15-34(29)21-28(38)33-16-12-31-27(37)20-33/h7-11,15,18H,3-6,12-14,16-17,19-21H2,1-2H3,(H,31,37). The Bertz CT molecular complexity index is 1410. The number of benzene rings is 1. The molecule has 2 aromatic heterocycles. The number of unbranched alkanes of at least 4 members (excludes halogenated alkanes) is 2. The molecule has 4 amide bonds. The Morgan fingerprint density at radius 2 is 1.95 bits per heavy atom. The second kappa shape index (κ2) is 12.9. The summed E-state index contributed by atoms with van der Waals surface area (Å²) in [5.74, 6) is 1.02. The van der Waals surface area contributed by atoms with Crippen molar-refractivity contribution in [3.05, 3.63) is 48.3 Å². The molecule has 1 aromatic carbocycles. The summed E-state index contributed by atoms with van der Waals surface area (Å²) in [5, 5.41) is 3.64. The van der Waals surface area contributed by atoms with E-state index in [-0.39, 0.29) is 30.9 Å². The van der Waals surface area contributed by atoms with Crippen LogP contribution in [0.4, 0.5) is 10.5 Å². The smallest absolute Gasteiger partial charge is 0.324 e. The van der Waals surface area contributed by atoms with Crippen LogP contribution in [-0.4, -0.2) is 83.6 Å². The summed E-state index contributed by atoms with van der Waals surface area (Å²) in [5.41, 5.74) is 2.42. The molecule has 0 radical (unpaired) electrons. The van der Waals surface area contributed by atoms with E-state index in [2.05, 4.69) is 17.2 Å². The zero-order valence-electron chi connectivity index (χ0n) is 23.8. The topological polar surface area (TPSA) is 109 Å². The van der Waals surface area contributed by atoms with Gasteiger partial charge in [0.05, 0.1) is 20.3 Å². The van der Waals surface area contributed by atoms with Crippen LogP contribution in [-0.2, 0) is 22.7 Å². The van der Waals surface area contributed by atoms with E-state index in [0.717, 1.165) is 42.3 Å². The summed E-state index contributed by atoms with van der Waals surface area (Å²) in [6.45, 7) is 5.58. The zero-order chi connectivity index (χ0) is 28.8. The minimum absolute atomic E-state index is 0.0682. The third kappa shape index (κ3) is 6.39. The van der Waals surface area contributed by atoms with Gasteiger partial charge >= 0.3 is 6.03 Å². The predicted octanol–water partition coefficient (Wildman–Crippen LogP) is 3.40. The van der Waals surface area contributed by atoms with E-state index < -0.39 is 0 Å². The zero-order valence-corrected chi connectivity index (χ0v) is 23.8. The van der Waals surface area contributed by atoms with Crippen molar-refractivity contribution in [1.82, 2.24) is 24.7 Å². The van der Waals surface area contributed by atoms with Gasteiger partial charge in [0.25, 0.3) is 0 Å². The number of pyridine rings is 1. The van der Waals surface area contributed by atoms with Crippen LogP contribution in [0, 0.1) is 0 Å². The van der Waals surface area contributed by atoms with Crippen molar-refractivity contribution in [2.45, 2.75) is 45.7 Å². The number of carbonyl (C=O) groups is 3. The number of fused-ring (bicyclic) bond motifs is 1. The first-order valence-electron chi connectivity index (χ1n) is 14.3. The third-order valence-corrected chi connectivity index (χ3v) is 7.59. The van der Waals surface area contributed by atoms with Gasteiger partial charge < -0.3 is 29.2 Å². The second-order valence-electron chi connectivity index (χ2n) is 10.4. The van der Waals surface area contributed by atoms with E-state index >= 15 is 0 Å².